The average molecular weight is 354 g/mol. The van der Waals surface area contributed by atoms with E-state index in [1.54, 1.807) is 0 Å². The molecule has 0 saturated carbocycles. The lowest BCUT2D eigenvalue weighted by Crippen LogP contribution is -2.16. The number of hydrogen-bond acceptors (Lipinski definition) is 3. The summed E-state index contributed by atoms with van der Waals surface area (Å²) in [6.07, 6.45) is 5.23. The topological polar surface area (TPSA) is 35.5 Å². The van der Waals surface area contributed by atoms with E-state index in [1.165, 1.54) is 11.1 Å². The molecule has 0 saturated heterocycles. The molecule has 140 valence electrons. The van der Waals surface area contributed by atoms with Gasteiger partial charge in [0.05, 0.1) is 19.3 Å². The van der Waals surface area contributed by atoms with Crippen LogP contribution in [0.15, 0.2) is 60.7 Å². The first-order chi connectivity index (χ1) is 12.8. The predicted octanol–water partition coefficient (Wildman–Crippen LogP) is 5.33. The Balaban J connectivity index is 1.68. The van der Waals surface area contributed by atoms with Crippen molar-refractivity contribution in [3.8, 4) is 0 Å². The van der Waals surface area contributed by atoms with Crippen molar-refractivity contribution in [2.75, 3.05) is 6.61 Å². The second-order valence-corrected chi connectivity index (χ2v) is 6.56. The van der Waals surface area contributed by atoms with Gasteiger partial charge in [-0.2, -0.15) is 0 Å². The van der Waals surface area contributed by atoms with Crippen molar-refractivity contribution < 1.29 is 14.3 Å². The van der Waals surface area contributed by atoms with Gasteiger partial charge in [-0.05, 0) is 24.0 Å². The normalized spacial score (nSPS) is 11.9. The second-order valence-electron chi connectivity index (χ2n) is 6.56. The molecule has 0 spiro atoms. The molecule has 0 aromatic heterocycles. The largest absolute Gasteiger partial charge is 0.465 e. The zero-order valence-electron chi connectivity index (χ0n) is 15.7. The van der Waals surface area contributed by atoms with Crippen LogP contribution in [0.5, 0.6) is 0 Å². The van der Waals surface area contributed by atoms with Crippen molar-refractivity contribution in [1.29, 1.82) is 0 Å². The van der Waals surface area contributed by atoms with Crippen LogP contribution in [0.4, 0.5) is 0 Å². The third-order valence-electron chi connectivity index (χ3n) is 4.38. The van der Waals surface area contributed by atoms with Crippen LogP contribution in [-0.4, -0.2) is 18.7 Å². The zero-order chi connectivity index (χ0) is 18.5. The zero-order valence-corrected chi connectivity index (χ0v) is 15.7. The van der Waals surface area contributed by atoms with Gasteiger partial charge in [0.25, 0.3) is 0 Å². The van der Waals surface area contributed by atoms with Gasteiger partial charge in [-0.1, -0.05) is 80.4 Å². The Morgan fingerprint density at radius 3 is 2.23 bits per heavy atom. The smallest absolute Gasteiger partial charge is 0.305 e. The summed E-state index contributed by atoms with van der Waals surface area (Å²) in [6.45, 7) is 3.21. The van der Waals surface area contributed by atoms with E-state index < -0.39 is 0 Å². The van der Waals surface area contributed by atoms with Crippen LogP contribution in [0.3, 0.4) is 0 Å². The van der Waals surface area contributed by atoms with E-state index in [1.807, 2.05) is 48.5 Å². The van der Waals surface area contributed by atoms with E-state index in [-0.39, 0.29) is 12.1 Å². The van der Waals surface area contributed by atoms with Gasteiger partial charge in [0, 0.05) is 12.8 Å². The summed E-state index contributed by atoms with van der Waals surface area (Å²) >= 11 is 0. The number of unbranched alkanes of at least 4 members (excludes halogenated alkanes) is 1. The van der Waals surface area contributed by atoms with E-state index >= 15 is 0 Å². The minimum absolute atomic E-state index is 0.108. The molecule has 2 aromatic carbocycles. The Hall–Kier alpha value is -2.13. The summed E-state index contributed by atoms with van der Waals surface area (Å²) in [6, 6.07) is 20.2. The van der Waals surface area contributed by atoms with E-state index in [9.17, 15) is 4.79 Å². The van der Waals surface area contributed by atoms with E-state index in [0.29, 0.717) is 19.6 Å². The molecule has 0 N–H and O–H groups in total. The van der Waals surface area contributed by atoms with Crippen LogP contribution in [0.2, 0.25) is 0 Å². The number of benzene rings is 2. The number of carbonyl (C=O) groups excluding carboxylic acids is 1. The van der Waals surface area contributed by atoms with Crippen LogP contribution in [0.25, 0.3) is 0 Å². The van der Waals surface area contributed by atoms with Crippen molar-refractivity contribution in [2.24, 2.45) is 0 Å². The van der Waals surface area contributed by atoms with E-state index in [2.05, 4.69) is 19.1 Å². The highest BCUT2D eigenvalue weighted by molar-refractivity contribution is 5.69. The SMILES string of the molecule is CCCCC(CCC(=O)OCCc1ccccc1)OCc1ccccc1. The molecule has 2 rings (SSSR count). The molecule has 3 nitrogen and oxygen atoms in total. The van der Waals surface area contributed by atoms with Crippen molar-refractivity contribution in [1.82, 2.24) is 0 Å². The molecule has 0 bridgehead atoms. The lowest BCUT2D eigenvalue weighted by Gasteiger charge is -2.17. The predicted molar refractivity (Wildman–Crippen MR) is 105 cm³/mol. The third-order valence-corrected chi connectivity index (χ3v) is 4.38. The van der Waals surface area contributed by atoms with Gasteiger partial charge in [-0.25, -0.2) is 0 Å². The third kappa shape index (κ3) is 8.30. The molecule has 0 radical (unpaired) electrons. The van der Waals surface area contributed by atoms with Crippen LogP contribution < -0.4 is 0 Å². The summed E-state index contributed by atoms with van der Waals surface area (Å²) in [5.41, 5.74) is 2.35. The molecule has 2 aromatic rings. The number of esters is 1. The minimum atomic E-state index is -0.134. The standard InChI is InChI=1S/C23H30O3/c1-2-3-14-22(26-19-21-12-8-5-9-13-21)15-16-23(24)25-18-17-20-10-6-4-7-11-20/h4-13,22H,2-3,14-19H2,1H3. The molecule has 26 heavy (non-hydrogen) atoms. The van der Waals surface area contributed by atoms with Gasteiger partial charge < -0.3 is 9.47 Å². The molecule has 0 amide bonds. The molecule has 1 atom stereocenters. The summed E-state index contributed by atoms with van der Waals surface area (Å²) in [5.74, 6) is -0.134. The lowest BCUT2D eigenvalue weighted by molar-refractivity contribution is -0.144. The number of rotatable bonds is 12. The van der Waals surface area contributed by atoms with Gasteiger partial charge in [-0.15, -0.1) is 0 Å². The molecule has 0 heterocycles. The van der Waals surface area contributed by atoms with E-state index in [4.69, 9.17) is 9.47 Å². The maximum Gasteiger partial charge on any atom is 0.305 e. The first-order valence-corrected chi connectivity index (χ1v) is 9.63. The molecule has 0 aliphatic rings. The maximum absolute atomic E-state index is 12.0. The van der Waals surface area contributed by atoms with Crippen LogP contribution in [0.1, 0.15) is 50.2 Å². The van der Waals surface area contributed by atoms with Crippen molar-refractivity contribution in [2.45, 2.75) is 58.2 Å². The van der Waals surface area contributed by atoms with Gasteiger partial charge in [0.2, 0.25) is 0 Å². The number of hydrogen-bond donors (Lipinski definition) is 0. The van der Waals surface area contributed by atoms with Crippen LogP contribution in [-0.2, 0) is 27.3 Å². The molecule has 0 aliphatic carbocycles. The fraction of sp³-hybridized carbons (Fsp3) is 0.435. The first-order valence-electron chi connectivity index (χ1n) is 9.63. The maximum atomic E-state index is 12.0. The monoisotopic (exact) mass is 354 g/mol. The summed E-state index contributed by atoms with van der Waals surface area (Å²) < 4.78 is 11.4. The number of ether oxygens (including phenoxy) is 2. The molecule has 3 heteroatoms. The summed E-state index contributed by atoms with van der Waals surface area (Å²) in [5, 5.41) is 0. The first kappa shape index (κ1) is 20.2. The van der Waals surface area contributed by atoms with Gasteiger partial charge in [-0.3, -0.25) is 4.79 Å². The number of carbonyl (C=O) groups is 1. The Kier molecular flexibility index (Phi) is 9.52. The lowest BCUT2D eigenvalue weighted by atomic mass is 10.1. The summed E-state index contributed by atoms with van der Waals surface area (Å²) in [7, 11) is 0. The molecule has 1 unspecified atom stereocenters. The van der Waals surface area contributed by atoms with Gasteiger partial charge in [0.1, 0.15) is 0 Å². The molecule has 0 aliphatic heterocycles. The van der Waals surface area contributed by atoms with Crippen LogP contribution in [0, 0.1) is 0 Å². The quantitative estimate of drug-likeness (QED) is 0.483. The molecular formula is C23H30O3. The fourth-order valence-corrected chi connectivity index (χ4v) is 2.81. The highest BCUT2D eigenvalue weighted by Gasteiger charge is 2.13. The Morgan fingerprint density at radius 2 is 1.58 bits per heavy atom. The van der Waals surface area contributed by atoms with Gasteiger partial charge >= 0.3 is 5.97 Å². The average Bonchev–Trinajstić information content (AvgIpc) is 2.69. The summed E-state index contributed by atoms with van der Waals surface area (Å²) in [4.78, 5) is 12.0. The van der Waals surface area contributed by atoms with Gasteiger partial charge in [0.15, 0.2) is 0 Å². The molecule has 0 fully saturated rings. The highest BCUT2D eigenvalue weighted by atomic mass is 16.5. The Bertz CT molecular complexity index is 610. The minimum Gasteiger partial charge on any atom is -0.465 e. The van der Waals surface area contributed by atoms with Crippen molar-refractivity contribution >= 4 is 5.97 Å². The van der Waals surface area contributed by atoms with Crippen LogP contribution >= 0.6 is 0 Å². The Morgan fingerprint density at radius 1 is 0.923 bits per heavy atom. The fourth-order valence-electron chi connectivity index (χ4n) is 2.81. The van der Waals surface area contributed by atoms with Crippen molar-refractivity contribution in [3.05, 3.63) is 71.8 Å². The molecular weight excluding hydrogens is 324 g/mol. The Labute approximate surface area is 157 Å². The van der Waals surface area contributed by atoms with Crippen molar-refractivity contribution in [3.63, 3.8) is 0 Å². The second kappa shape index (κ2) is 12.3. The highest BCUT2D eigenvalue weighted by Crippen LogP contribution is 2.14. The van der Waals surface area contributed by atoms with E-state index in [0.717, 1.165) is 32.1 Å².